The van der Waals surface area contributed by atoms with Gasteiger partial charge in [0.05, 0.1) is 17.9 Å². The number of aromatic nitrogens is 1. The van der Waals surface area contributed by atoms with E-state index in [1.807, 2.05) is 6.07 Å². The smallest absolute Gasteiger partial charge is 0.251 e. The highest BCUT2D eigenvalue weighted by atomic mass is 16.7. The molecule has 9 nitrogen and oxygen atoms in total. The molecular formula is C20H24N2O7. The summed E-state index contributed by atoms with van der Waals surface area (Å²) < 4.78 is 26.8. The molecule has 2 aliphatic heterocycles. The first-order valence-electron chi connectivity index (χ1n) is 9.57. The van der Waals surface area contributed by atoms with E-state index in [9.17, 15) is 9.90 Å². The van der Waals surface area contributed by atoms with Crippen molar-refractivity contribution in [3.05, 3.63) is 41.3 Å². The zero-order valence-corrected chi connectivity index (χ0v) is 16.1. The highest BCUT2D eigenvalue weighted by Gasteiger charge is 2.31. The number of methoxy groups -OCH3 is 1. The van der Waals surface area contributed by atoms with Gasteiger partial charge in [0, 0.05) is 31.7 Å². The van der Waals surface area contributed by atoms with Gasteiger partial charge in [0.15, 0.2) is 17.3 Å². The van der Waals surface area contributed by atoms with Crippen LogP contribution in [0.4, 0.5) is 0 Å². The van der Waals surface area contributed by atoms with Gasteiger partial charge in [-0.1, -0.05) is 5.16 Å². The third-order valence-electron chi connectivity index (χ3n) is 5.01. The first-order chi connectivity index (χ1) is 14.1. The van der Waals surface area contributed by atoms with Gasteiger partial charge in [0.1, 0.15) is 12.7 Å². The van der Waals surface area contributed by atoms with E-state index in [4.69, 9.17) is 23.5 Å². The van der Waals surface area contributed by atoms with Gasteiger partial charge in [-0.05, 0) is 31.0 Å². The standard InChI is InChI=1S/C20H24N2O7/c1-25-10-15-8-13(22-29-15)7-14-3-4-16(23)19(28-14)9-21-20(24)12-2-5-17-18(6-12)27-11-26-17/h2,5-6,8,14,16,19,23H,3-4,7,9-11H2,1H3,(H,21,24)/t14-,16-,19+/m0/s1. The third-order valence-corrected chi connectivity index (χ3v) is 5.01. The molecule has 9 heteroatoms. The van der Waals surface area contributed by atoms with Crippen LogP contribution in [0.25, 0.3) is 0 Å². The number of fused-ring (bicyclic) bond motifs is 1. The predicted octanol–water partition coefficient (Wildman–Crippen LogP) is 1.43. The highest BCUT2D eigenvalue weighted by molar-refractivity contribution is 5.94. The molecule has 2 aliphatic rings. The summed E-state index contributed by atoms with van der Waals surface area (Å²) in [5.74, 6) is 1.57. The minimum absolute atomic E-state index is 0.105. The second-order valence-corrected chi connectivity index (χ2v) is 7.14. The molecule has 0 radical (unpaired) electrons. The molecule has 1 saturated heterocycles. The van der Waals surface area contributed by atoms with Gasteiger partial charge in [-0.3, -0.25) is 4.79 Å². The first kappa shape index (κ1) is 19.7. The normalized spacial score (nSPS) is 23.2. The number of rotatable bonds is 7. The fourth-order valence-corrected chi connectivity index (χ4v) is 3.51. The van der Waals surface area contributed by atoms with Crippen LogP contribution in [0.3, 0.4) is 0 Å². The summed E-state index contributed by atoms with van der Waals surface area (Å²) in [5, 5.41) is 17.1. The van der Waals surface area contributed by atoms with Crippen molar-refractivity contribution >= 4 is 5.91 Å². The van der Waals surface area contributed by atoms with E-state index in [1.165, 1.54) is 0 Å². The molecule has 1 amide bonds. The minimum Gasteiger partial charge on any atom is -0.454 e. The Balaban J connectivity index is 1.30. The van der Waals surface area contributed by atoms with Crippen LogP contribution in [0.5, 0.6) is 11.5 Å². The van der Waals surface area contributed by atoms with Crippen molar-refractivity contribution in [3.8, 4) is 11.5 Å². The number of nitrogens with zero attached hydrogens (tertiary/aromatic N) is 1. The maximum absolute atomic E-state index is 12.5. The molecule has 0 bridgehead atoms. The minimum atomic E-state index is -0.635. The molecule has 3 heterocycles. The van der Waals surface area contributed by atoms with E-state index >= 15 is 0 Å². The second-order valence-electron chi connectivity index (χ2n) is 7.14. The summed E-state index contributed by atoms with van der Waals surface area (Å²) in [4.78, 5) is 12.5. The van der Waals surface area contributed by atoms with Gasteiger partial charge < -0.3 is 33.9 Å². The fraction of sp³-hybridized carbons (Fsp3) is 0.500. The second kappa shape index (κ2) is 8.81. The van der Waals surface area contributed by atoms with Crippen LogP contribution < -0.4 is 14.8 Å². The van der Waals surface area contributed by atoms with Crippen LogP contribution in [0, 0.1) is 0 Å². The zero-order valence-electron chi connectivity index (χ0n) is 16.1. The summed E-state index contributed by atoms with van der Waals surface area (Å²) >= 11 is 0. The number of ether oxygens (including phenoxy) is 4. The van der Waals surface area contributed by atoms with E-state index in [0.29, 0.717) is 48.7 Å². The maximum atomic E-state index is 12.5. The molecule has 0 unspecified atom stereocenters. The number of amides is 1. The monoisotopic (exact) mass is 404 g/mol. The number of hydrogen-bond acceptors (Lipinski definition) is 8. The maximum Gasteiger partial charge on any atom is 0.251 e. The zero-order chi connectivity index (χ0) is 20.2. The Hall–Kier alpha value is -2.62. The Labute approximate surface area is 167 Å². The van der Waals surface area contributed by atoms with Gasteiger partial charge >= 0.3 is 0 Å². The first-order valence-corrected chi connectivity index (χ1v) is 9.57. The van der Waals surface area contributed by atoms with Crippen LogP contribution in [0.1, 0.15) is 34.7 Å². The molecule has 3 atom stereocenters. The largest absolute Gasteiger partial charge is 0.454 e. The van der Waals surface area contributed by atoms with Crippen molar-refractivity contribution in [2.24, 2.45) is 0 Å². The van der Waals surface area contributed by atoms with E-state index in [1.54, 1.807) is 25.3 Å². The van der Waals surface area contributed by atoms with Crippen molar-refractivity contribution in [1.29, 1.82) is 0 Å². The molecule has 29 heavy (non-hydrogen) atoms. The molecular weight excluding hydrogens is 380 g/mol. The van der Waals surface area contributed by atoms with Gasteiger partial charge in [-0.15, -0.1) is 0 Å². The van der Waals surface area contributed by atoms with Crippen molar-refractivity contribution < 1.29 is 33.4 Å². The summed E-state index contributed by atoms with van der Waals surface area (Å²) in [6.45, 7) is 0.729. The molecule has 1 aromatic heterocycles. The number of hydrogen-bond donors (Lipinski definition) is 2. The van der Waals surface area contributed by atoms with E-state index in [0.717, 1.165) is 5.69 Å². The Bertz CT molecular complexity index is 853. The predicted molar refractivity (Wildman–Crippen MR) is 99.7 cm³/mol. The number of carbonyl (C=O) groups excluding carboxylic acids is 1. The molecule has 0 aliphatic carbocycles. The molecule has 1 aromatic carbocycles. The molecule has 0 saturated carbocycles. The molecule has 0 spiro atoms. The lowest BCUT2D eigenvalue weighted by atomic mass is 9.98. The molecule has 1 fully saturated rings. The quantitative estimate of drug-likeness (QED) is 0.713. The van der Waals surface area contributed by atoms with Gasteiger partial charge in [0.25, 0.3) is 5.91 Å². The van der Waals surface area contributed by atoms with E-state index in [-0.39, 0.29) is 25.3 Å². The van der Waals surface area contributed by atoms with E-state index < -0.39 is 12.2 Å². The Morgan fingerprint density at radius 1 is 1.28 bits per heavy atom. The van der Waals surface area contributed by atoms with Gasteiger partial charge in [-0.25, -0.2) is 0 Å². The van der Waals surface area contributed by atoms with Crippen molar-refractivity contribution in [3.63, 3.8) is 0 Å². The summed E-state index contributed by atoms with van der Waals surface area (Å²) in [7, 11) is 1.59. The SMILES string of the molecule is COCc1cc(C[C@@H]2CC[C@H](O)[C@@H](CNC(=O)c3ccc4c(c3)OCO4)O2)no1. The lowest BCUT2D eigenvalue weighted by molar-refractivity contribution is -0.114. The van der Waals surface area contributed by atoms with Crippen LogP contribution >= 0.6 is 0 Å². The van der Waals surface area contributed by atoms with Crippen LogP contribution in [0.15, 0.2) is 28.8 Å². The average Bonchev–Trinajstić information content (AvgIpc) is 3.37. The highest BCUT2D eigenvalue weighted by Crippen LogP contribution is 2.32. The summed E-state index contributed by atoms with van der Waals surface area (Å²) in [6, 6.07) is 6.86. The fourth-order valence-electron chi connectivity index (χ4n) is 3.51. The molecule has 2 aromatic rings. The average molecular weight is 404 g/mol. The Morgan fingerprint density at radius 3 is 3.00 bits per heavy atom. The molecule has 2 N–H and O–H groups in total. The lowest BCUT2D eigenvalue weighted by Crippen LogP contribution is -2.46. The molecule has 156 valence electrons. The summed E-state index contributed by atoms with van der Waals surface area (Å²) in [6.07, 6.45) is 0.651. The Morgan fingerprint density at radius 2 is 2.14 bits per heavy atom. The van der Waals surface area contributed by atoms with Crippen LogP contribution in [-0.2, 0) is 22.5 Å². The molecule has 4 rings (SSSR count). The van der Waals surface area contributed by atoms with Crippen molar-refractivity contribution in [2.75, 3.05) is 20.4 Å². The number of carbonyl (C=O) groups is 1. The number of aliphatic hydroxyl groups is 1. The Kier molecular flexibility index (Phi) is 5.98. The van der Waals surface area contributed by atoms with Crippen LogP contribution in [0.2, 0.25) is 0 Å². The topological polar surface area (TPSA) is 112 Å². The van der Waals surface area contributed by atoms with Gasteiger partial charge in [0.2, 0.25) is 6.79 Å². The number of aliphatic hydroxyl groups excluding tert-OH is 1. The van der Waals surface area contributed by atoms with Gasteiger partial charge in [-0.2, -0.15) is 0 Å². The van der Waals surface area contributed by atoms with Crippen molar-refractivity contribution in [2.45, 2.75) is 44.2 Å². The van der Waals surface area contributed by atoms with Crippen molar-refractivity contribution in [1.82, 2.24) is 10.5 Å². The third kappa shape index (κ3) is 4.69. The van der Waals surface area contributed by atoms with E-state index in [2.05, 4.69) is 10.5 Å². The van der Waals surface area contributed by atoms with Crippen LogP contribution in [-0.4, -0.2) is 54.9 Å². The summed E-state index contributed by atoms with van der Waals surface area (Å²) in [5.41, 5.74) is 1.24. The lowest BCUT2D eigenvalue weighted by Gasteiger charge is -2.33. The number of benzene rings is 1. The number of nitrogens with one attached hydrogen (secondary N) is 1.